The molecule has 3 fully saturated rings. The molecule has 2 bridgehead atoms. The Balaban J connectivity index is 1.78. The number of aliphatic hydroxyl groups is 1. The number of fused-ring (bicyclic) bond motifs is 1. The van der Waals surface area contributed by atoms with Crippen molar-refractivity contribution in [3.63, 3.8) is 0 Å². The van der Waals surface area contributed by atoms with Gasteiger partial charge in [0, 0.05) is 30.0 Å². The van der Waals surface area contributed by atoms with Gasteiger partial charge in [-0.2, -0.15) is 0 Å². The molecule has 3 saturated heterocycles. The largest absolute Gasteiger partial charge is 0.394 e. The molecule has 7 atom stereocenters. The number of aliphatic hydroxyl groups excluding tert-OH is 1. The maximum absolute atomic E-state index is 14.3. The van der Waals surface area contributed by atoms with Gasteiger partial charge in [0.05, 0.1) is 30.6 Å². The summed E-state index contributed by atoms with van der Waals surface area (Å²) in [6.07, 6.45) is 3.20. The first kappa shape index (κ1) is 29.5. The zero-order valence-electron chi connectivity index (χ0n) is 23.3. The fraction of sp³-hybridized carbons (Fsp3) is 0.567. The molecule has 39 heavy (non-hydrogen) atoms. The Morgan fingerprint density at radius 1 is 1.21 bits per heavy atom. The van der Waals surface area contributed by atoms with Gasteiger partial charge in [-0.25, -0.2) is 0 Å². The van der Waals surface area contributed by atoms with Crippen LogP contribution in [0.3, 0.4) is 0 Å². The van der Waals surface area contributed by atoms with Crippen molar-refractivity contribution in [1.29, 1.82) is 0 Å². The monoisotopic (exact) mass is 601 g/mol. The van der Waals surface area contributed by atoms with E-state index in [4.69, 9.17) is 4.74 Å². The van der Waals surface area contributed by atoms with Crippen molar-refractivity contribution >= 4 is 33.7 Å². The third kappa shape index (κ3) is 4.98. The molecule has 1 N–H and O–H groups in total. The van der Waals surface area contributed by atoms with Crippen LogP contribution in [0.1, 0.15) is 39.7 Å². The van der Waals surface area contributed by atoms with Gasteiger partial charge in [0.25, 0.3) is 0 Å². The molecule has 0 aliphatic carbocycles. The molecule has 3 aliphatic heterocycles. The van der Waals surface area contributed by atoms with Crippen LogP contribution in [-0.2, 0) is 25.7 Å². The van der Waals surface area contributed by atoms with E-state index >= 15 is 0 Å². The Kier molecular flexibility index (Phi) is 8.45. The highest BCUT2D eigenvalue weighted by Gasteiger charge is 2.77. The zero-order chi connectivity index (χ0) is 28.7. The molecule has 0 aromatic heterocycles. The highest BCUT2D eigenvalue weighted by atomic mass is 79.9. The summed E-state index contributed by atoms with van der Waals surface area (Å²) in [5.41, 5.74) is -0.769. The Morgan fingerprint density at radius 2 is 1.85 bits per heavy atom. The number of halogens is 1. The number of ether oxygens (including phenoxy) is 1. The van der Waals surface area contributed by atoms with Crippen LogP contribution in [0.15, 0.2) is 55.6 Å². The number of hydrogen-bond donors (Lipinski definition) is 1. The molecule has 0 saturated carbocycles. The number of rotatable bonds is 10. The lowest BCUT2D eigenvalue weighted by molar-refractivity contribution is -0.154. The fourth-order valence-electron chi connectivity index (χ4n) is 6.57. The quantitative estimate of drug-likeness (QED) is 0.329. The molecule has 3 amide bonds. The number of alkyl halides is 1. The molecular formula is C30H40BrN3O5. The van der Waals surface area contributed by atoms with Crippen molar-refractivity contribution in [3.05, 3.63) is 61.2 Å². The van der Waals surface area contributed by atoms with E-state index in [9.17, 15) is 19.5 Å². The average Bonchev–Trinajstić information content (AvgIpc) is 3.49. The minimum absolute atomic E-state index is 0.198. The number of nitrogens with zero attached hydrogens (tertiary/aromatic N) is 3. The van der Waals surface area contributed by atoms with Gasteiger partial charge < -0.3 is 24.5 Å². The number of amides is 3. The summed E-state index contributed by atoms with van der Waals surface area (Å²) in [6.45, 7) is 15.9. The van der Waals surface area contributed by atoms with Crippen LogP contribution in [0.2, 0.25) is 0 Å². The summed E-state index contributed by atoms with van der Waals surface area (Å²) in [5.74, 6) is -2.38. The molecule has 3 unspecified atom stereocenters. The van der Waals surface area contributed by atoms with Gasteiger partial charge in [0.15, 0.2) is 0 Å². The Bertz CT molecular complexity index is 1120. The standard InChI is InChI=1S/C30H40BrN3O5/c1-7-14-32(17-20-12-10-9-11-13-20)26(36)22-23-27(37)34(19(3)18-35)25(30(23)16-21(31)24(22)39-30)28(38)33(15-8-2)29(4,5)6/h7-13,19,21-25,35H,1-2,14-18H2,3-6H3/t19-,21?,22-,23+,24-,25?,30?/m1/s1. The first-order valence-corrected chi connectivity index (χ1v) is 14.4. The SMILES string of the molecule is C=CCN(Cc1ccccc1)C(=O)[C@H]1[C@@H]2OC3(CC2Br)C(C(=O)N(CC=C)C(C)(C)C)N([C@H](C)CO)C(=O)[C@H]13. The lowest BCUT2D eigenvalue weighted by Gasteiger charge is -2.43. The number of carbonyl (C=O) groups excluding carboxylic acids is 3. The first-order chi connectivity index (χ1) is 18.4. The summed E-state index contributed by atoms with van der Waals surface area (Å²) in [7, 11) is 0. The second kappa shape index (κ2) is 11.2. The molecule has 3 aliphatic rings. The summed E-state index contributed by atoms with van der Waals surface area (Å²) in [6, 6.07) is 8.08. The topological polar surface area (TPSA) is 90.4 Å². The van der Waals surface area contributed by atoms with Crippen molar-refractivity contribution in [2.45, 2.75) is 74.8 Å². The van der Waals surface area contributed by atoms with Gasteiger partial charge in [-0.15, -0.1) is 13.2 Å². The van der Waals surface area contributed by atoms with Crippen molar-refractivity contribution in [1.82, 2.24) is 14.7 Å². The zero-order valence-corrected chi connectivity index (χ0v) is 24.8. The van der Waals surface area contributed by atoms with E-state index in [1.807, 2.05) is 51.1 Å². The molecule has 9 heteroatoms. The van der Waals surface area contributed by atoms with E-state index in [1.165, 1.54) is 4.90 Å². The number of carbonyl (C=O) groups is 3. The highest BCUT2D eigenvalue weighted by Crippen LogP contribution is 2.61. The summed E-state index contributed by atoms with van der Waals surface area (Å²) < 4.78 is 6.64. The van der Waals surface area contributed by atoms with Crippen LogP contribution >= 0.6 is 15.9 Å². The molecule has 212 valence electrons. The predicted octanol–water partition coefficient (Wildman–Crippen LogP) is 3.14. The van der Waals surface area contributed by atoms with Crippen molar-refractivity contribution in [2.24, 2.45) is 11.8 Å². The molecule has 4 rings (SSSR count). The van der Waals surface area contributed by atoms with E-state index < -0.39 is 41.2 Å². The predicted molar refractivity (Wildman–Crippen MR) is 153 cm³/mol. The van der Waals surface area contributed by atoms with Gasteiger partial charge in [-0.3, -0.25) is 14.4 Å². The fourth-order valence-corrected chi connectivity index (χ4v) is 7.51. The number of hydrogen-bond acceptors (Lipinski definition) is 5. The molecule has 1 aromatic carbocycles. The van der Waals surface area contributed by atoms with Gasteiger partial charge >= 0.3 is 0 Å². The molecule has 1 aromatic rings. The van der Waals surface area contributed by atoms with E-state index in [-0.39, 0.29) is 29.2 Å². The van der Waals surface area contributed by atoms with E-state index in [2.05, 4.69) is 29.1 Å². The summed E-state index contributed by atoms with van der Waals surface area (Å²) >= 11 is 3.73. The van der Waals surface area contributed by atoms with Crippen molar-refractivity contribution < 1.29 is 24.2 Å². The second-order valence-corrected chi connectivity index (χ2v) is 13.0. The van der Waals surface area contributed by atoms with Crippen LogP contribution in [0.5, 0.6) is 0 Å². The van der Waals surface area contributed by atoms with Gasteiger partial charge in [-0.1, -0.05) is 58.4 Å². The van der Waals surface area contributed by atoms with E-state index in [0.717, 1.165) is 5.56 Å². The lowest BCUT2D eigenvalue weighted by atomic mass is 9.70. The summed E-state index contributed by atoms with van der Waals surface area (Å²) in [5, 5.41) is 10.1. The van der Waals surface area contributed by atoms with Crippen LogP contribution in [0, 0.1) is 11.8 Å². The first-order valence-electron chi connectivity index (χ1n) is 13.5. The highest BCUT2D eigenvalue weighted by molar-refractivity contribution is 9.09. The molecular weight excluding hydrogens is 562 g/mol. The Morgan fingerprint density at radius 3 is 2.41 bits per heavy atom. The van der Waals surface area contributed by atoms with Gasteiger partial charge in [-0.05, 0) is 39.7 Å². The van der Waals surface area contributed by atoms with Crippen LogP contribution < -0.4 is 0 Å². The lowest BCUT2D eigenvalue weighted by Crippen LogP contribution is -2.61. The Labute approximate surface area is 239 Å². The maximum Gasteiger partial charge on any atom is 0.249 e. The minimum Gasteiger partial charge on any atom is -0.394 e. The molecule has 8 nitrogen and oxygen atoms in total. The summed E-state index contributed by atoms with van der Waals surface area (Å²) in [4.78, 5) is 47.4. The van der Waals surface area contributed by atoms with Gasteiger partial charge in [0.1, 0.15) is 11.6 Å². The normalized spacial score (nSPS) is 30.2. The van der Waals surface area contributed by atoms with Gasteiger partial charge in [0.2, 0.25) is 17.7 Å². The third-order valence-electron chi connectivity index (χ3n) is 8.25. The maximum atomic E-state index is 14.3. The Hall–Kier alpha value is -2.49. The second-order valence-electron chi connectivity index (χ2n) is 11.8. The minimum atomic E-state index is -1.19. The van der Waals surface area contributed by atoms with Crippen LogP contribution in [0.25, 0.3) is 0 Å². The van der Waals surface area contributed by atoms with Crippen molar-refractivity contribution in [3.8, 4) is 0 Å². The molecule has 1 spiro atoms. The average molecular weight is 603 g/mol. The van der Waals surface area contributed by atoms with Crippen molar-refractivity contribution in [2.75, 3.05) is 19.7 Å². The molecule has 0 radical (unpaired) electrons. The molecule has 3 heterocycles. The van der Waals surface area contributed by atoms with Crippen LogP contribution in [-0.4, -0.2) is 91.4 Å². The van der Waals surface area contributed by atoms with E-state index in [0.29, 0.717) is 26.1 Å². The van der Waals surface area contributed by atoms with E-state index in [1.54, 1.807) is 28.9 Å². The third-order valence-corrected chi connectivity index (χ3v) is 9.09. The smallest absolute Gasteiger partial charge is 0.249 e. The number of benzene rings is 1. The van der Waals surface area contributed by atoms with Crippen LogP contribution in [0.4, 0.5) is 0 Å². The number of likely N-dealkylation sites (tertiary alicyclic amines) is 1.